The first-order chi connectivity index (χ1) is 14.2. The lowest BCUT2D eigenvalue weighted by Crippen LogP contribution is -2.27. The Hall–Kier alpha value is -3.85. The molecule has 0 spiro atoms. The molecule has 8 nitrogen and oxygen atoms in total. The van der Waals surface area contributed by atoms with E-state index in [-0.39, 0.29) is 12.1 Å². The van der Waals surface area contributed by atoms with Crippen LogP contribution in [0.15, 0.2) is 70.1 Å². The largest absolute Gasteiger partial charge is 0.448 e. The predicted octanol–water partition coefficient (Wildman–Crippen LogP) is 3.30. The summed E-state index contributed by atoms with van der Waals surface area (Å²) in [5.74, 6) is -0.403. The maximum Gasteiger partial charge on any atom is 0.297 e. The van der Waals surface area contributed by atoms with Crippen LogP contribution in [-0.4, -0.2) is 25.7 Å². The van der Waals surface area contributed by atoms with Crippen LogP contribution in [0.2, 0.25) is 0 Å². The Bertz CT molecular complexity index is 1400. The molecule has 5 aromatic rings. The standard InChI is InChI=1S/C20H13N5O3S/c26-15(22-20-24-23-18(29-20)12-6-2-1-3-7-12)10-25-11-21-16-13-8-4-5-9-14(13)28-17(16)19(25)27/h1-9,11H,10H2,(H,22,24,26). The second-order valence-electron chi connectivity index (χ2n) is 6.28. The van der Waals surface area contributed by atoms with E-state index in [0.717, 1.165) is 10.9 Å². The smallest absolute Gasteiger partial charge is 0.297 e. The molecule has 0 atom stereocenters. The molecule has 2 aromatic carbocycles. The summed E-state index contributed by atoms with van der Waals surface area (Å²) in [4.78, 5) is 29.4. The average Bonchev–Trinajstić information content (AvgIpc) is 3.36. The molecular formula is C20H13N5O3S. The van der Waals surface area contributed by atoms with Crippen molar-refractivity contribution in [1.29, 1.82) is 0 Å². The highest BCUT2D eigenvalue weighted by atomic mass is 32.1. The minimum absolute atomic E-state index is 0.128. The first kappa shape index (κ1) is 17.3. The Morgan fingerprint density at radius 1 is 1.07 bits per heavy atom. The first-order valence-electron chi connectivity index (χ1n) is 8.74. The number of carbonyl (C=O) groups is 1. The molecule has 9 heteroatoms. The number of nitrogens with one attached hydrogen (secondary N) is 1. The van der Waals surface area contributed by atoms with Gasteiger partial charge in [0.25, 0.3) is 5.56 Å². The van der Waals surface area contributed by atoms with Crippen molar-refractivity contribution >= 4 is 44.4 Å². The Labute approximate surface area is 167 Å². The average molecular weight is 403 g/mol. The highest BCUT2D eigenvalue weighted by molar-refractivity contribution is 7.18. The minimum Gasteiger partial charge on any atom is -0.448 e. The van der Waals surface area contributed by atoms with E-state index in [1.807, 2.05) is 48.5 Å². The van der Waals surface area contributed by atoms with Crippen molar-refractivity contribution in [1.82, 2.24) is 19.7 Å². The predicted molar refractivity (Wildman–Crippen MR) is 110 cm³/mol. The van der Waals surface area contributed by atoms with Gasteiger partial charge in [0.15, 0.2) is 0 Å². The number of benzene rings is 2. The summed E-state index contributed by atoms with van der Waals surface area (Å²) < 4.78 is 6.84. The fourth-order valence-electron chi connectivity index (χ4n) is 3.01. The number of nitrogens with zero attached hydrogens (tertiary/aromatic N) is 4. The van der Waals surface area contributed by atoms with E-state index >= 15 is 0 Å². The lowest BCUT2D eigenvalue weighted by molar-refractivity contribution is -0.116. The van der Waals surface area contributed by atoms with Crippen LogP contribution in [0.4, 0.5) is 5.13 Å². The van der Waals surface area contributed by atoms with Gasteiger partial charge >= 0.3 is 0 Å². The van der Waals surface area contributed by atoms with Crippen LogP contribution in [0.3, 0.4) is 0 Å². The van der Waals surface area contributed by atoms with Crippen molar-refractivity contribution in [2.75, 3.05) is 5.32 Å². The number of hydrogen-bond donors (Lipinski definition) is 1. The van der Waals surface area contributed by atoms with Gasteiger partial charge < -0.3 is 4.42 Å². The van der Waals surface area contributed by atoms with Crippen molar-refractivity contribution in [3.8, 4) is 10.6 Å². The summed E-state index contributed by atoms with van der Waals surface area (Å²) in [6, 6.07) is 16.8. The van der Waals surface area contributed by atoms with Crippen LogP contribution in [0.1, 0.15) is 0 Å². The summed E-state index contributed by atoms with van der Waals surface area (Å²) in [6.07, 6.45) is 1.35. The van der Waals surface area contributed by atoms with Gasteiger partial charge in [-0.1, -0.05) is 53.8 Å². The number of para-hydroxylation sites is 1. The Morgan fingerprint density at radius 3 is 2.72 bits per heavy atom. The maximum atomic E-state index is 12.7. The van der Waals surface area contributed by atoms with Gasteiger partial charge in [0.2, 0.25) is 16.6 Å². The van der Waals surface area contributed by atoms with Gasteiger partial charge in [-0.25, -0.2) is 4.98 Å². The van der Waals surface area contributed by atoms with Gasteiger partial charge in [-0.15, -0.1) is 10.2 Å². The summed E-state index contributed by atoms with van der Waals surface area (Å²) >= 11 is 1.26. The number of fused-ring (bicyclic) bond motifs is 3. The first-order valence-corrected chi connectivity index (χ1v) is 9.56. The molecule has 3 aromatic heterocycles. The zero-order valence-corrected chi connectivity index (χ0v) is 15.7. The number of amides is 1. The summed E-state index contributed by atoms with van der Waals surface area (Å²) in [6.45, 7) is -0.209. The molecule has 0 aliphatic rings. The van der Waals surface area contributed by atoms with Crippen LogP contribution in [0, 0.1) is 0 Å². The quantitative estimate of drug-likeness (QED) is 0.494. The fraction of sp³-hybridized carbons (Fsp3) is 0.0500. The van der Waals surface area contributed by atoms with Gasteiger partial charge in [-0.3, -0.25) is 19.5 Å². The van der Waals surface area contributed by atoms with Gasteiger partial charge in [0.1, 0.15) is 22.7 Å². The third-order valence-corrected chi connectivity index (χ3v) is 5.24. The van der Waals surface area contributed by atoms with E-state index in [2.05, 4.69) is 20.5 Å². The highest BCUT2D eigenvalue weighted by Gasteiger charge is 2.15. The SMILES string of the molecule is O=C(Cn1cnc2c(oc3ccccc32)c1=O)Nc1nnc(-c2ccccc2)s1. The summed E-state index contributed by atoms with van der Waals surface area (Å²) in [7, 11) is 0. The van der Waals surface area contributed by atoms with Crippen LogP contribution in [0.5, 0.6) is 0 Å². The lowest BCUT2D eigenvalue weighted by Gasteiger charge is -2.04. The van der Waals surface area contributed by atoms with Crippen molar-refractivity contribution in [2.24, 2.45) is 0 Å². The molecule has 0 fully saturated rings. The monoisotopic (exact) mass is 403 g/mol. The molecule has 1 amide bonds. The van der Waals surface area contributed by atoms with Crippen molar-refractivity contribution < 1.29 is 9.21 Å². The van der Waals surface area contributed by atoms with E-state index in [1.165, 1.54) is 22.2 Å². The molecule has 3 heterocycles. The molecule has 5 rings (SSSR count). The molecule has 0 aliphatic carbocycles. The molecule has 1 N–H and O–H groups in total. The Balaban J connectivity index is 1.38. The van der Waals surface area contributed by atoms with E-state index in [4.69, 9.17) is 4.42 Å². The van der Waals surface area contributed by atoms with Crippen LogP contribution < -0.4 is 10.9 Å². The third-order valence-electron chi connectivity index (χ3n) is 4.36. The highest BCUT2D eigenvalue weighted by Crippen LogP contribution is 2.26. The van der Waals surface area contributed by atoms with Gasteiger partial charge in [0, 0.05) is 10.9 Å². The van der Waals surface area contributed by atoms with E-state index in [1.54, 1.807) is 6.07 Å². The lowest BCUT2D eigenvalue weighted by atomic mass is 10.2. The second kappa shape index (κ2) is 6.95. The van der Waals surface area contributed by atoms with Crippen LogP contribution in [0.25, 0.3) is 32.6 Å². The van der Waals surface area contributed by atoms with E-state index < -0.39 is 11.5 Å². The van der Waals surface area contributed by atoms with Crippen molar-refractivity contribution in [2.45, 2.75) is 6.54 Å². The molecule has 142 valence electrons. The van der Waals surface area contributed by atoms with E-state index in [9.17, 15) is 9.59 Å². The molecule has 0 saturated heterocycles. The van der Waals surface area contributed by atoms with Crippen LogP contribution in [-0.2, 0) is 11.3 Å². The van der Waals surface area contributed by atoms with Gasteiger partial charge in [-0.05, 0) is 12.1 Å². The zero-order chi connectivity index (χ0) is 19.8. The minimum atomic E-state index is -0.413. The second-order valence-corrected chi connectivity index (χ2v) is 7.26. The Kier molecular flexibility index (Phi) is 4.14. The molecule has 0 radical (unpaired) electrons. The number of furan rings is 1. The zero-order valence-electron chi connectivity index (χ0n) is 14.9. The molecule has 0 unspecified atom stereocenters. The topological polar surface area (TPSA) is 103 Å². The molecule has 0 saturated carbocycles. The molecule has 0 bridgehead atoms. The van der Waals surface area contributed by atoms with E-state index in [0.29, 0.717) is 21.2 Å². The molecule has 0 aliphatic heterocycles. The number of rotatable bonds is 4. The summed E-state index contributed by atoms with van der Waals surface area (Å²) in [5, 5.41) is 12.6. The summed E-state index contributed by atoms with van der Waals surface area (Å²) in [5.41, 5.74) is 1.70. The molecular weight excluding hydrogens is 390 g/mol. The van der Waals surface area contributed by atoms with Crippen molar-refractivity contribution in [3.63, 3.8) is 0 Å². The number of anilines is 1. The van der Waals surface area contributed by atoms with Gasteiger partial charge in [0.05, 0.1) is 6.33 Å². The Morgan fingerprint density at radius 2 is 1.86 bits per heavy atom. The van der Waals surface area contributed by atoms with Crippen LogP contribution >= 0.6 is 11.3 Å². The molecule has 29 heavy (non-hydrogen) atoms. The third kappa shape index (κ3) is 3.17. The van der Waals surface area contributed by atoms with Crippen molar-refractivity contribution in [3.05, 3.63) is 71.3 Å². The normalized spacial score (nSPS) is 11.2. The number of hydrogen-bond acceptors (Lipinski definition) is 7. The number of carbonyl (C=O) groups excluding carboxylic acids is 1. The maximum absolute atomic E-state index is 12.7. The number of aromatic nitrogens is 4. The fourth-order valence-corrected chi connectivity index (χ4v) is 3.78. The van der Waals surface area contributed by atoms with Gasteiger partial charge in [-0.2, -0.15) is 0 Å².